The predicted molar refractivity (Wildman–Crippen MR) is 76.6 cm³/mol. The number of carbonyl (C=O) groups is 2. The largest absolute Gasteiger partial charge is 0.493 e. The van der Waals surface area contributed by atoms with Gasteiger partial charge in [0.2, 0.25) is 0 Å². The highest BCUT2D eigenvalue weighted by Crippen LogP contribution is 2.22. The van der Waals surface area contributed by atoms with E-state index in [4.69, 9.17) is 4.74 Å². The van der Waals surface area contributed by atoms with Gasteiger partial charge in [-0.2, -0.15) is 0 Å². The lowest BCUT2D eigenvalue weighted by molar-refractivity contribution is -0.136. The van der Waals surface area contributed by atoms with Crippen LogP contribution < -0.4 is 4.74 Å². The second-order valence-corrected chi connectivity index (χ2v) is 5.07. The van der Waals surface area contributed by atoms with E-state index in [9.17, 15) is 9.59 Å². The van der Waals surface area contributed by atoms with Crippen molar-refractivity contribution in [2.24, 2.45) is 0 Å². The number of benzene rings is 1. The molecule has 106 valence electrons. The van der Waals surface area contributed by atoms with Gasteiger partial charge in [0.15, 0.2) is 0 Å². The van der Waals surface area contributed by atoms with Gasteiger partial charge in [-0.1, -0.05) is 6.07 Å². The molecule has 0 atom stereocenters. The molecule has 4 heteroatoms. The molecule has 0 aromatic heterocycles. The van der Waals surface area contributed by atoms with Crippen molar-refractivity contribution in [3.8, 4) is 5.75 Å². The first-order chi connectivity index (χ1) is 9.49. The summed E-state index contributed by atoms with van der Waals surface area (Å²) < 4.78 is 5.73. The molecule has 1 aromatic carbocycles. The summed E-state index contributed by atoms with van der Waals surface area (Å²) >= 11 is 0. The van der Waals surface area contributed by atoms with Crippen molar-refractivity contribution >= 4 is 11.8 Å². The third-order valence-corrected chi connectivity index (χ3v) is 3.48. The molecule has 0 unspecified atom stereocenters. The molecule has 0 N–H and O–H groups in total. The molecule has 20 heavy (non-hydrogen) atoms. The summed E-state index contributed by atoms with van der Waals surface area (Å²) in [5, 5.41) is 0. The van der Waals surface area contributed by atoms with E-state index >= 15 is 0 Å². The summed E-state index contributed by atoms with van der Waals surface area (Å²) in [6, 6.07) is 4.13. The van der Waals surface area contributed by atoms with Crippen LogP contribution in [0.2, 0.25) is 0 Å². The van der Waals surface area contributed by atoms with Crippen molar-refractivity contribution in [3.05, 3.63) is 41.0 Å². The normalized spacial score (nSPS) is 14.2. The third-order valence-electron chi connectivity index (χ3n) is 3.48. The first-order valence-corrected chi connectivity index (χ1v) is 6.73. The van der Waals surface area contributed by atoms with Crippen molar-refractivity contribution in [2.75, 3.05) is 13.2 Å². The van der Waals surface area contributed by atoms with Crippen LogP contribution in [0.3, 0.4) is 0 Å². The molecule has 0 saturated heterocycles. The maximum atomic E-state index is 11.4. The maximum absolute atomic E-state index is 11.4. The summed E-state index contributed by atoms with van der Waals surface area (Å²) in [5.74, 6) is 0.389. The van der Waals surface area contributed by atoms with Gasteiger partial charge < -0.3 is 4.74 Å². The van der Waals surface area contributed by atoms with Crippen LogP contribution in [0, 0.1) is 20.8 Å². The van der Waals surface area contributed by atoms with E-state index in [1.165, 1.54) is 28.2 Å². The molecule has 1 aromatic rings. The highest BCUT2D eigenvalue weighted by molar-refractivity contribution is 6.12. The number of hydrogen-bond acceptors (Lipinski definition) is 3. The van der Waals surface area contributed by atoms with E-state index in [2.05, 4.69) is 19.9 Å². The van der Waals surface area contributed by atoms with Crippen LogP contribution in [0.15, 0.2) is 24.3 Å². The smallest absolute Gasteiger partial charge is 0.253 e. The average Bonchev–Trinajstić information content (AvgIpc) is 2.71. The molecule has 0 saturated carbocycles. The van der Waals surface area contributed by atoms with Gasteiger partial charge in [0.05, 0.1) is 6.61 Å². The molecule has 1 heterocycles. The number of hydrogen-bond donors (Lipinski definition) is 0. The van der Waals surface area contributed by atoms with Gasteiger partial charge in [0, 0.05) is 18.7 Å². The Bertz CT molecular complexity index is 557. The number of nitrogens with zero attached hydrogens (tertiary/aromatic N) is 1. The van der Waals surface area contributed by atoms with Gasteiger partial charge in [0.1, 0.15) is 5.75 Å². The molecular weight excluding hydrogens is 254 g/mol. The number of amides is 2. The molecule has 4 nitrogen and oxygen atoms in total. The quantitative estimate of drug-likeness (QED) is 0.611. The lowest BCUT2D eigenvalue weighted by atomic mass is 10.1. The Morgan fingerprint density at radius 3 is 2.20 bits per heavy atom. The fourth-order valence-corrected chi connectivity index (χ4v) is 2.15. The lowest BCUT2D eigenvalue weighted by Gasteiger charge is -2.15. The number of aryl methyl sites for hydroxylation is 3. The summed E-state index contributed by atoms with van der Waals surface area (Å²) in [5.41, 5.74) is 3.54. The van der Waals surface area contributed by atoms with Gasteiger partial charge in [-0.05, 0) is 49.9 Å². The second kappa shape index (κ2) is 5.90. The van der Waals surface area contributed by atoms with Crippen LogP contribution in [0.25, 0.3) is 0 Å². The minimum Gasteiger partial charge on any atom is -0.493 e. The topological polar surface area (TPSA) is 46.6 Å². The zero-order chi connectivity index (χ0) is 14.7. The Morgan fingerprint density at radius 2 is 1.55 bits per heavy atom. The molecule has 1 aliphatic rings. The maximum Gasteiger partial charge on any atom is 0.253 e. The van der Waals surface area contributed by atoms with E-state index < -0.39 is 0 Å². The van der Waals surface area contributed by atoms with Gasteiger partial charge in [-0.25, -0.2) is 0 Å². The SMILES string of the molecule is Cc1cc(C)c(OCCCN2C(=O)C=CC2=O)cc1C. The van der Waals surface area contributed by atoms with E-state index in [1.807, 2.05) is 13.0 Å². The molecule has 2 amide bonds. The van der Waals surface area contributed by atoms with E-state index in [-0.39, 0.29) is 11.8 Å². The molecular formula is C16H19NO3. The number of ether oxygens (including phenoxy) is 1. The van der Waals surface area contributed by atoms with Crippen LogP contribution >= 0.6 is 0 Å². The Balaban J connectivity index is 1.83. The van der Waals surface area contributed by atoms with Crippen LogP contribution in [0.1, 0.15) is 23.1 Å². The van der Waals surface area contributed by atoms with E-state index in [0.29, 0.717) is 19.6 Å². The summed E-state index contributed by atoms with van der Waals surface area (Å²) in [6.07, 6.45) is 3.23. The van der Waals surface area contributed by atoms with Crippen molar-refractivity contribution in [3.63, 3.8) is 0 Å². The van der Waals surface area contributed by atoms with E-state index in [1.54, 1.807) is 0 Å². The zero-order valence-electron chi connectivity index (χ0n) is 12.1. The van der Waals surface area contributed by atoms with Crippen molar-refractivity contribution in [1.29, 1.82) is 0 Å². The van der Waals surface area contributed by atoms with Crippen molar-refractivity contribution in [1.82, 2.24) is 4.90 Å². The first-order valence-electron chi connectivity index (χ1n) is 6.73. The molecule has 0 spiro atoms. The van der Waals surface area contributed by atoms with Gasteiger partial charge in [0.25, 0.3) is 11.8 Å². The van der Waals surface area contributed by atoms with Gasteiger partial charge in [-0.15, -0.1) is 0 Å². The summed E-state index contributed by atoms with van der Waals surface area (Å²) in [7, 11) is 0. The van der Waals surface area contributed by atoms with Crippen LogP contribution in [-0.4, -0.2) is 29.9 Å². The monoisotopic (exact) mass is 273 g/mol. The molecule has 0 fully saturated rings. The predicted octanol–water partition coefficient (Wildman–Crippen LogP) is 2.31. The molecule has 0 radical (unpaired) electrons. The number of imide groups is 1. The van der Waals surface area contributed by atoms with Crippen molar-refractivity contribution < 1.29 is 14.3 Å². The zero-order valence-corrected chi connectivity index (χ0v) is 12.1. The fourth-order valence-electron chi connectivity index (χ4n) is 2.15. The Morgan fingerprint density at radius 1 is 0.950 bits per heavy atom. The molecule has 0 bridgehead atoms. The minimum atomic E-state index is -0.239. The highest BCUT2D eigenvalue weighted by Gasteiger charge is 2.22. The summed E-state index contributed by atoms with van der Waals surface area (Å²) in [4.78, 5) is 24.0. The third kappa shape index (κ3) is 3.07. The van der Waals surface area contributed by atoms with Crippen LogP contribution in [-0.2, 0) is 9.59 Å². The van der Waals surface area contributed by atoms with Gasteiger partial charge in [-0.3, -0.25) is 14.5 Å². The standard InChI is InChI=1S/C16H19NO3/c1-11-9-13(3)14(10-12(11)2)20-8-4-7-17-15(18)5-6-16(17)19/h5-6,9-10H,4,7-8H2,1-3H3. The number of rotatable bonds is 5. The lowest BCUT2D eigenvalue weighted by Crippen LogP contribution is -2.31. The minimum absolute atomic E-state index is 0.239. The first kappa shape index (κ1) is 14.3. The second-order valence-electron chi connectivity index (χ2n) is 5.07. The van der Waals surface area contributed by atoms with E-state index in [0.717, 1.165) is 11.3 Å². The Hall–Kier alpha value is -2.10. The number of carbonyl (C=O) groups excluding carboxylic acids is 2. The average molecular weight is 273 g/mol. The fraction of sp³-hybridized carbons (Fsp3) is 0.375. The molecule has 2 rings (SSSR count). The van der Waals surface area contributed by atoms with Crippen LogP contribution in [0.5, 0.6) is 5.75 Å². The summed E-state index contributed by atoms with van der Waals surface area (Å²) in [6.45, 7) is 7.02. The Kier molecular flexibility index (Phi) is 4.23. The van der Waals surface area contributed by atoms with Crippen LogP contribution in [0.4, 0.5) is 0 Å². The van der Waals surface area contributed by atoms with Crippen molar-refractivity contribution in [2.45, 2.75) is 27.2 Å². The Labute approximate surface area is 119 Å². The van der Waals surface area contributed by atoms with Gasteiger partial charge >= 0.3 is 0 Å². The molecule has 1 aliphatic heterocycles. The highest BCUT2D eigenvalue weighted by atomic mass is 16.5. The molecule has 0 aliphatic carbocycles.